The van der Waals surface area contributed by atoms with E-state index in [2.05, 4.69) is 5.32 Å². The summed E-state index contributed by atoms with van der Waals surface area (Å²) in [4.78, 5) is 12.2. The summed E-state index contributed by atoms with van der Waals surface area (Å²) >= 11 is 1.65. The molecular weight excluding hydrogens is 262 g/mol. The Kier molecular flexibility index (Phi) is 4.06. The Bertz CT molecular complexity index is 566. The fourth-order valence-corrected chi connectivity index (χ4v) is 2.53. The summed E-state index contributed by atoms with van der Waals surface area (Å²) in [5.41, 5.74) is 0.921. The molecule has 0 radical (unpaired) electrons. The molecule has 1 atom stereocenters. The quantitative estimate of drug-likeness (QED) is 0.876. The standard InChI is InChI=1S/C14H15NO3S/c1-9(13-4-3-7-19-13)15-11-8-10(14(16)17)5-6-12(11)18-2/h3-9,15H,1-2H3,(H,16,17). The molecule has 0 aliphatic rings. The third kappa shape index (κ3) is 3.06. The van der Waals surface area contributed by atoms with Crippen LogP contribution in [-0.4, -0.2) is 18.2 Å². The first-order valence-corrected chi connectivity index (χ1v) is 6.71. The van der Waals surface area contributed by atoms with E-state index in [-0.39, 0.29) is 11.6 Å². The molecule has 1 aromatic heterocycles. The Morgan fingerprint density at radius 1 is 1.42 bits per heavy atom. The van der Waals surface area contributed by atoms with Gasteiger partial charge in [0.1, 0.15) is 5.75 Å². The predicted molar refractivity (Wildman–Crippen MR) is 76.3 cm³/mol. The molecule has 2 N–H and O–H groups in total. The maximum Gasteiger partial charge on any atom is 0.335 e. The van der Waals surface area contributed by atoms with Crippen LogP contribution in [0.3, 0.4) is 0 Å². The molecule has 4 nitrogen and oxygen atoms in total. The third-order valence-electron chi connectivity index (χ3n) is 2.79. The number of carboxylic acids is 1. The number of benzene rings is 1. The molecule has 0 saturated heterocycles. The Morgan fingerprint density at radius 3 is 2.79 bits per heavy atom. The molecule has 1 aromatic carbocycles. The van der Waals surface area contributed by atoms with Crippen molar-refractivity contribution in [3.05, 3.63) is 46.2 Å². The monoisotopic (exact) mass is 277 g/mol. The van der Waals surface area contributed by atoms with E-state index >= 15 is 0 Å². The average molecular weight is 277 g/mol. The van der Waals surface area contributed by atoms with Gasteiger partial charge in [0, 0.05) is 4.88 Å². The third-order valence-corrected chi connectivity index (χ3v) is 3.84. The number of thiophene rings is 1. The number of hydrogen-bond acceptors (Lipinski definition) is 4. The van der Waals surface area contributed by atoms with Gasteiger partial charge >= 0.3 is 5.97 Å². The molecular formula is C14H15NO3S. The summed E-state index contributed by atoms with van der Waals surface area (Å²) < 4.78 is 5.25. The molecule has 2 aromatic rings. The van der Waals surface area contributed by atoms with Crippen LogP contribution in [0.5, 0.6) is 5.75 Å². The number of ether oxygens (including phenoxy) is 1. The molecule has 0 amide bonds. The van der Waals surface area contributed by atoms with Crippen molar-refractivity contribution >= 4 is 23.0 Å². The Balaban J connectivity index is 2.27. The van der Waals surface area contributed by atoms with Crippen molar-refractivity contribution in [2.24, 2.45) is 0 Å². The van der Waals surface area contributed by atoms with Gasteiger partial charge in [0.15, 0.2) is 0 Å². The molecule has 0 saturated carbocycles. The maximum atomic E-state index is 11.0. The van der Waals surface area contributed by atoms with Gasteiger partial charge in [-0.15, -0.1) is 11.3 Å². The summed E-state index contributed by atoms with van der Waals surface area (Å²) in [6.07, 6.45) is 0. The summed E-state index contributed by atoms with van der Waals surface area (Å²) in [7, 11) is 1.57. The van der Waals surface area contributed by atoms with Crippen LogP contribution in [0.1, 0.15) is 28.2 Å². The van der Waals surface area contributed by atoms with E-state index in [1.54, 1.807) is 30.6 Å². The van der Waals surface area contributed by atoms with Gasteiger partial charge < -0.3 is 15.2 Å². The minimum Gasteiger partial charge on any atom is -0.495 e. The summed E-state index contributed by atoms with van der Waals surface area (Å²) in [5.74, 6) is -0.317. The van der Waals surface area contributed by atoms with Crippen LogP contribution in [-0.2, 0) is 0 Å². The van der Waals surface area contributed by atoms with E-state index in [1.807, 2.05) is 24.4 Å². The highest BCUT2D eigenvalue weighted by molar-refractivity contribution is 7.10. The van der Waals surface area contributed by atoms with Crippen LogP contribution in [0, 0.1) is 0 Å². The first-order chi connectivity index (χ1) is 9.11. The first kappa shape index (κ1) is 13.4. The van der Waals surface area contributed by atoms with Crippen molar-refractivity contribution in [3.63, 3.8) is 0 Å². The Morgan fingerprint density at radius 2 is 2.21 bits per heavy atom. The number of carboxylic acid groups (broad SMARTS) is 1. The highest BCUT2D eigenvalue weighted by Crippen LogP contribution is 2.30. The average Bonchev–Trinajstić information content (AvgIpc) is 2.92. The lowest BCUT2D eigenvalue weighted by atomic mass is 10.1. The fourth-order valence-electron chi connectivity index (χ4n) is 1.80. The second kappa shape index (κ2) is 5.75. The van der Waals surface area contributed by atoms with Crippen molar-refractivity contribution in [3.8, 4) is 5.75 Å². The van der Waals surface area contributed by atoms with E-state index in [0.29, 0.717) is 11.4 Å². The zero-order valence-corrected chi connectivity index (χ0v) is 11.5. The zero-order chi connectivity index (χ0) is 13.8. The molecule has 5 heteroatoms. The molecule has 0 bridgehead atoms. The minimum atomic E-state index is -0.950. The van der Waals surface area contributed by atoms with Crippen molar-refractivity contribution in [1.29, 1.82) is 0 Å². The number of aromatic carboxylic acids is 1. The van der Waals surface area contributed by atoms with Crippen molar-refractivity contribution < 1.29 is 14.6 Å². The lowest BCUT2D eigenvalue weighted by Gasteiger charge is -2.17. The summed E-state index contributed by atoms with van der Waals surface area (Å²) in [5, 5.41) is 14.3. The van der Waals surface area contributed by atoms with Gasteiger partial charge in [-0.05, 0) is 36.6 Å². The second-order valence-corrected chi connectivity index (χ2v) is 5.08. The fraction of sp³-hybridized carbons (Fsp3) is 0.214. The molecule has 0 aliphatic heterocycles. The van der Waals surface area contributed by atoms with E-state index in [4.69, 9.17) is 9.84 Å². The molecule has 100 valence electrons. The predicted octanol–water partition coefficient (Wildman–Crippen LogP) is 3.63. The zero-order valence-electron chi connectivity index (χ0n) is 10.7. The van der Waals surface area contributed by atoms with Crippen LogP contribution < -0.4 is 10.1 Å². The van der Waals surface area contributed by atoms with E-state index in [0.717, 1.165) is 0 Å². The number of rotatable bonds is 5. The molecule has 1 heterocycles. The van der Waals surface area contributed by atoms with Crippen LogP contribution in [0.4, 0.5) is 5.69 Å². The van der Waals surface area contributed by atoms with Crippen LogP contribution in [0.15, 0.2) is 35.7 Å². The molecule has 2 rings (SSSR count). The normalized spacial score (nSPS) is 11.9. The summed E-state index contributed by atoms with van der Waals surface area (Å²) in [6.45, 7) is 2.03. The van der Waals surface area contributed by atoms with Gasteiger partial charge in [-0.25, -0.2) is 4.79 Å². The lowest BCUT2D eigenvalue weighted by molar-refractivity contribution is 0.0697. The van der Waals surface area contributed by atoms with Gasteiger partial charge in [0.25, 0.3) is 0 Å². The number of anilines is 1. The van der Waals surface area contributed by atoms with Crippen molar-refractivity contribution in [2.45, 2.75) is 13.0 Å². The van der Waals surface area contributed by atoms with Gasteiger partial charge in [0.05, 0.1) is 24.4 Å². The smallest absolute Gasteiger partial charge is 0.335 e. The highest BCUT2D eigenvalue weighted by atomic mass is 32.1. The number of carbonyl (C=O) groups is 1. The molecule has 0 spiro atoms. The Labute approximate surface area is 115 Å². The van der Waals surface area contributed by atoms with Crippen LogP contribution in [0.25, 0.3) is 0 Å². The Hall–Kier alpha value is -2.01. The van der Waals surface area contributed by atoms with Gasteiger partial charge in [-0.1, -0.05) is 6.07 Å². The molecule has 0 aliphatic carbocycles. The second-order valence-electron chi connectivity index (χ2n) is 4.10. The van der Waals surface area contributed by atoms with Crippen molar-refractivity contribution in [2.75, 3.05) is 12.4 Å². The molecule has 1 unspecified atom stereocenters. The number of nitrogens with one attached hydrogen (secondary N) is 1. The van der Waals surface area contributed by atoms with E-state index < -0.39 is 5.97 Å². The van der Waals surface area contributed by atoms with Gasteiger partial charge in [-0.2, -0.15) is 0 Å². The SMILES string of the molecule is COc1ccc(C(=O)O)cc1NC(C)c1cccs1. The van der Waals surface area contributed by atoms with Gasteiger partial charge in [0.2, 0.25) is 0 Å². The highest BCUT2D eigenvalue weighted by Gasteiger charge is 2.12. The largest absolute Gasteiger partial charge is 0.495 e. The number of methoxy groups -OCH3 is 1. The van der Waals surface area contributed by atoms with Crippen LogP contribution >= 0.6 is 11.3 Å². The molecule has 19 heavy (non-hydrogen) atoms. The number of hydrogen-bond donors (Lipinski definition) is 2. The molecule has 0 fully saturated rings. The van der Waals surface area contributed by atoms with Crippen molar-refractivity contribution in [1.82, 2.24) is 0 Å². The topological polar surface area (TPSA) is 58.6 Å². The van der Waals surface area contributed by atoms with E-state index in [1.165, 1.54) is 10.9 Å². The minimum absolute atomic E-state index is 0.0953. The van der Waals surface area contributed by atoms with Crippen LogP contribution in [0.2, 0.25) is 0 Å². The maximum absolute atomic E-state index is 11.0. The van der Waals surface area contributed by atoms with E-state index in [9.17, 15) is 4.79 Å². The summed E-state index contributed by atoms with van der Waals surface area (Å²) in [6, 6.07) is 8.90. The lowest BCUT2D eigenvalue weighted by Crippen LogP contribution is -2.07. The van der Waals surface area contributed by atoms with Gasteiger partial charge in [-0.3, -0.25) is 0 Å². The first-order valence-electron chi connectivity index (χ1n) is 5.83.